The Balaban J connectivity index is 0.000001000. The van der Waals surface area contributed by atoms with Gasteiger partial charge >= 0.3 is 0 Å². The van der Waals surface area contributed by atoms with E-state index in [1.54, 1.807) is 0 Å². The molecule has 0 bridgehead atoms. The molecule has 0 aromatic heterocycles. The lowest BCUT2D eigenvalue weighted by molar-refractivity contribution is 0.824. The van der Waals surface area contributed by atoms with Crippen molar-refractivity contribution in [2.45, 2.75) is 19.8 Å². The van der Waals surface area contributed by atoms with Crippen molar-refractivity contribution in [1.29, 1.82) is 0 Å². The lowest BCUT2D eigenvalue weighted by Gasteiger charge is -2.03. The van der Waals surface area contributed by atoms with Crippen molar-refractivity contribution in [2.75, 3.05) is 5.73 Å². The molecule has 1 aromatic rings. The van der Waals surface area contributed by atoms with Crippen LogP contribution in [0.15, 0.2) is 24.3 Å². The van der Waals surface area contributed by atoms with Gasteiger partial charge in [0.2, 0.25) is 0 Å². The first-order chi connectivity index (χ1) is 4.70. The van der Waals surface area contributed by atoms with Crippen LogP contribution >= 0.6 is 0 Å². The average Bonchev–Trinajstić information content (AvgIpc) is 1.88. The van der Waals surface area contributed by atoms with E-state index in [0.29, 0.717) is 5.92 Å². The number of nitrogen functional groups attached to an aromatic ring is 1. The van der Waals surface area contributed by atoms with Crippen molar-refractivity contribution in [3.63, 3.8) is 0 Å². The van der Waals surface area contributed by atoms with Crippen LogP contribution in [-0.2, 0) is 0 Å². The standard InChI is InChI=1S/C9H13N.H2O/c1-7(2)8-3-5-9(10)6-4-8;/h3-7H,10H2,1-2H3;1H2. The predicted octanol–water partition coefficient (Wildman–Crippen LogP) is 1.57. The molecule has 0 atom stereocenters. The van der Waals surface area contributed by atoms with Gasteiger partial charge in [-0.15, -0.1) is 0 Å². The highest BCUT2D eigenvalue weighted by Crippen LogP contribution is 2.14. The van der Waals surface area contributed by atoms with E-state index in [1.165, 1.54) is 5.56 Å². The van der Waals surface area contributed by atoms with Gasteiger partial charge in [0.15, 0.2) is 0 Å². The maximum absolute atomic E-state index is 5.53. The summed E-state index contributed by atoms with van der Waals surface area (Å²) < 4.78 is 0. The van der Waals surface area contributed by atoms with E-state index in [-0.39, 0.29) is 5.48 Å². The van der Waals surface area contributed by atoms with Crippen molar-refractivity contribution in [3.8, 4) is 0 Å². The van der Waals surface area contributed by atoms with Crippen LogP contribution in [0.3, 0.4) is 0 Å². The number of anilines is 1. The van der Waals surface area contributed by atoms with Gasteiger partial charge in [0, 0.05) is 5.69 Å². The highest BCUT2D eigenvalue weighted by molar-refractivity contribution is 5.39. The van der Waals surface area contributed by atoms with Gasteiger partial charge in [-0.05, 0) is 23.6 Å². The molecule has 0 saturated heterocycles. The van der Waals surface area contributed by atoms with Crippen LogP contribution in [0.4, 0.5) is 5.69 Å². The van der Waals surface area contributed by atoms with Gasteiger partial charge in [-0.3, -0.25) is 0 Å². The molecule has 0 heterocycles. The van der Waals surface area contributed by atoms with Crippen molar-refractivity contribution in [1.82, 2.24) is 0 Å². The molecule has 62 valence electrons. The molecular weight excluding hydrogens is 138 g/mol. The molecular formula is C9H15NO. The molecule has 2 heteroatoms. The first-order valence-corrected chi connectivity index (χ1v) is 3.55. The number of nitrogens with two attached hydrogens (primary N) is 1. The lowest BCUT2D eigenvalue weighted by Crippen LogP contribution is -1.88. The van der Waals surface area contributed by atoms with Crippen molar-refractivity contribution in [2.24, 2.45) is 0 Å². The molecule has 1 rings (SSSR count). The highest BCUT2D eigenvalue weighted by Gasteiger charge is 1.95. The van der Waals surface area contributed by atoms with Gasteiger partial charge in [0.05, 0.1) is 0 Å². The zero-order chi connectivity index (χ0) is 7.56. The maximum Gasteiger partial charge on any atom is 0.0314 e. The number of benzene rings is 1. The molecule has 0 fully saturated rings. The van der Waals surface area contributed by atoms with E-state index in [2.05, 4.69) is 26.0 Å². The fourth-order valence-electron chi connectivity index (χ4n) is 0.881. The first kappa shape index (κ1) is 9.98. The van der Waals surface area contributed by atoms with Crippen LogP contribution in [0, 0.1) is 0 Å². The fourth-order valence-corrected chi connectivity index (χ4v) is 0.881. The molecule has 4 N–H and O–H groups in total. The van der Waals surface area contributed by atoms with Gasteiger partial charge in [-0.1, -0.05) is 26.0 Å². The van der Waals surface area contributed by atoms with Gasteiger partial charge < -0.3 is 11.2 Å². The normalized spacial score (nSPS) is 9.36. The van der Waals surface area contributed by atoms with E-state index in [9.17, 15) is 0 Å². The minimum Gasteiger partial charge on any atom is -0.412 e. The summed E-state index contributed by atoms with van der Waals surface area (Å²) >= 11 is 0. The Morgan fingerprint density at radius 2 is 1.55 bits per heavy atom. The van der Waals surface area contributed by atoms with Gasteiger partial charge in [-0.25, -0.2) is 0 Å². The summed E-state index contributed by atoms with van der Waals surface area (Å²) in [6, 6.07) is 8.02. The number of hydrogen-bond donors (Lipinski definition) is 1. The van der Waals surface area contributed by atoms with Crippen LogP contribution in [0.25, 0.3) is 0 Å². The van der Waals surface area contributed by atoms with Crippen molar-refractivity contribution >= 4 is 5.69 Å². The monoisotopic (exact) mass is 153 g/mol. The van der Waals surface area contributed by atoms with Crippen LogP contribution in [0.1, 0.15) is 25.3 Å². The Bertz CT molecular complexity index is 203. The van der Waals surface area contributed by atoms with Gasteiger partial charge in [0.25, 0.3) is 0 Å². The minimum absolute atomic E-state index is 0. The van der Waals surface area contributed by atoms with Crippen molar-refractivity contribution in [3.05, 3.63) is 29.8 Å². The summed E-state index contributed by atoms with van der Waals surface area (Å²) in [5.41, 5.74) is 7.71. The third-order valence-corrected chi connectivity index (χ3v) is 1.60. The van der Waals surface area contributed by atoms with E-state index < -0.39 is 0 Å². The molecule has 0 aliphatic rings. The Hall–Kier alpha value is -1.02. The predicted molar refractivity (Wildman–Crippen MR) is 48.6 cm³/mol. The second-order valence-corrected chi connectivity index (χ2v) is 2.82. The summed E-state index contributed by atoms with van der Waals surface area (Å²) in [5, 5.41) is 0. The van der Waals surface area contributed by atoms with E-state index in [1.807, 2.05) is 12.1 Å². The van der Waals surface area contributed by atoms with Crippen molar-refractivity contribution < 1.29 is 5.48 Å². The summed E-state index contributed by atoms with van der Waals surface area (Å²) in [4.78, 5) is 0. The van der Waals surface area contributed by atoms with Gasteiger partial charge in [-0.2, -0.15) is 0 Å². The molecule has 0 unspecified atom stereocenters. The highest BCUT2D eigenvalue weighted by atomic mass is 16.0. The van der Waals surface area contributed by atoms with Gasteiger partial charge in [0.1, 0.15) is 0 Å². The fraction of sp³-hybridized carbons (Fsp3) is 0.333. The minimum atomic E-state index is 0. The summed E-state index contributed by atoms with van der Waals surface area (Å²) in [5.74, 6) is 0.598. The van der Waals surface area contributed by atoms with Crippen LogP contribution in [-0.4, -0.2) is 5.48 Å². The molecule has 0 radical (unpaired) electrons. The largest absolute Gasteiger partial charge is 0.412 e. The second kappa shape index (κ2) is 3.98. The quantitative estimate of drug-likeness (QED) is 0.611. The molecule has 1 aromatic carbocycles. The summed E-state index contributed by atoms with van der Waals surface area (Å²) in [7, 11) is 0. The molecule has 0 spiro atoms. The molecule has 11 heavy (non-hydrogen) atoms. The zero-order valence-electron chi connectivity index (χ0n) is 6.96. The molecule has 0 aliphatic heterocycles. The zero-order valence-corrected chi connectivity index (χ0v) is 6.96. The number of rotatable bonds is 1. The number of hydrogen-bond acceptors (Lipinski definition) is 1. The smallest absolute Gasteiger partial charge is 0.0314 e. The molecule has 0 saturated carbocycles. The van der Waals surface area contributed by atoms with Crippen LogP contribution < -0.4 is 5.73 Å². The van der Waals surface area contributed by atoms with E-state index in [4.69, 9.17) is 5.73 Å². The Morgan fingerprint density at radius 3 is 1.91 bits per heavy atom. The third-order valence-electron chi connectivity index (χ3n) is 1.60. The summed E-state index contributed by atoms with van der Waals surface area (Å²) in [6.45, 7) is 4.34. The van der Waals surface area contributed by atoms with E-state index in [0.717, 1.165) is 5.69 Å². The van der Waals surface area contributed by atoms with Crippen LogP contribution in [0.2, 0.25) is 0 Å². The first-order valence-electron chi connectivity index (χ1n) is 3.55. The molecule has 2 nitrogen and oxygen atoms in total. The average molecular weight is 153 g/mol. The third kappa shape index (κ3) is 2.60. The molecule has 0 aliphatic carbocycles. The lowest BCUT2D eigenvalue weighted by atomic mass is 10.0. The topological polar surface area (TPSA) is 57.5 Å². The van der Waals surface area contributed by atoms with E-state index >= 15 is 0 Å². The second-order valence-electron chi connectivity index (χ2n) is 2.82. The Kier molecular flexibility index (Phi) is 3.61. The Labute approximate surface area is 67.3 Å². The van der Waals surface area contributed by atoms with Crippen LogP contribution in [0.5, 0.6) is 0 Å². The SMILES string of the molecule is CC(C)c1ccc(N)cc1.O. The summed E-state index contributed by atoms with van der Waals surface area (Å²) in [6.07, 6.45) is 0. The molecule has 0 amide bonds. The maximum atomic E-state index is 5.53. The Morgan fingerprint density at radius 1 is 1.09 bits per heavy atom.